The van der Waals surface area contributed by atoms with E-state index in [1.165, 1.54) is 19.2 Å². The van der Waals surface area contributed by atoms with Gasteiger partial charge in [0.15, 0.2) is 0 Å². The molecule has 0 unspecified atom stereocenters. The molecule has 0 fully saturated rings. The van der Waals surface area contributed by atoms with Gasteiger partial charge in [0.05, 0.1) is 11.4 Å². The standard InChI is InChI=1S/C11H15N3O3S2/c1-7-5-8(3-4-9(7)11(12)18)19(16,17)14-6-10(15)13-2/h3-5,14H,6H2,1-2H3,(H2,12,18)(H,13,15). The van der Waals surface area contributed by atoms with E-state index < -0.39 is 15.9 Å². The van der Waals surface area contributed by atoms with Gasteiger partial charge in [-0.3, -0.25) is 4.79 Å². The van der Waals surface area contributed by atoms with E-state index in [4.69, 9.17) is 18.0 Å². The molecule has 8 heteroatoms. The molecule has 1 amide bonds. The first-order chi connectivity index (χ1) is 8.77. The smallest absolute Gasteiger partial charge is 0.241 e. The van der Waals surface area contributed by atoms with Crippen LogP contribution in [0, 0.1) is 6.92 Å². The molecule has 0 aliphatic carbocycles. The highest BCUT2D eigenvalue weighted by atomic mass is 32.2. The highest BCUT2D eigenvalue weighted by Gasteiger charge is 2.16. The molecule has 0 aromatic heterocycles. The van der Waals surface area contributed by atoms with Crippen LogP contribution < -0.4 is 15.8 Å². The van der Waals surface area contributed by atoms with E-state index in [-0.39, 0.29) is 16.4 Å². The van der Waals surface area contributed by atoms with Crippen LogP contribution in [0.5, 0.6) is 0 Å². The fourth-order valence-corrected chi connectivity index (χ4v) is 2.71. The Morgan fingerprint density at radius 3 is 2.53 bits per heavy atom. The lowest BCUT2D eigenvalue weighted by molar-refractivity contribution is -0.119. The minimum atomic E-state index is -3.73. The summed E-state index contributed by atoms with van der Waals surface area (Å²) in [5.74, 6) is -0.417. The summed E-state index contributed by atoms with van der Waals surface area (Å²) in [6, 6.07) is 4.40. The third kappa shape index (κ3) is 3.98. The minimum Gasteiger partial charge on any atom is -0.389 e. The number of carbonyl (C=O) groups is 1. The third-order valence-corrected chi connectivity index (χ3v) is 4.09. The summed E-state index contributed by atoms with van der Waals surface area (Å²) in [4.78, 5) is 11.3. The Labute approximate surface area is 117 Å². The van der Waals surface area contributed by atoms with Crippen LogP contribution in [0.15, 0.2) is 23.1 Å². The number of sulfonamides is 1. The number of aryl methyl sites for hydroxylation is 1. The van der Waals surface area contributed by atoms with Gasteiger partial charge in [0.1, 0.15) is 4.99 Å². The number of carbonyl (C=O) groups excluding carboxylic acids is 1. The van der Waals surface area contributed by atoms with Gasteiger partial charge >= 0.3 is 0 Å². The second-order valence-electron chi connectivity index (χ2n) is 3.84. The van der Waals surface area contributed by atoms with Crippen LogP contribution in [0.3, 0.4) is 0 Å². The third-order valence-electron chi connectivity index (χ3n) is 2.48. The van der Waals surface area contributed by atoms with Gasteiger partial charge in [-0.1, -0.05) is 18.3 Å². The highest BCUT2D eigenvalue weighted by molar-refractivity contribution is 7.89. The molecule has 1 rings (SSSR count). The van der Waals surface area contributed by atoms with E-state index >= 15 is 0 Å². The predicted molar refractivity (Wildman–Crippen MR) is 76.3 cm³/mol. The van der Waals surface area contributed by atoms with Gasteiger partial charge < -0.3 is 11.1 Å². The summed E-state index contributed by atoms with van der Waals surface area (Å²) >= 11 is 4.85. The van der Waals surface area contributed by atoms with Gasteiger partial charge in [-0.2, -0.15) is 0 Å². The molecule has 0 radical (unpaired) electrons. The molecule has 1 aromatic rings. The van der Waals surface area contributed by atoms with Crippen LogP contribution in [0.2, 0.25) is 0 Å². The normalized spacial score (nSPS) is 11.1. The first-order valence-electron chi connectivity index (χ1n) is 5.38. The zero-order valence-corrected chi connectivity index (χ0v) is 12.2. The Kier molecular flexibility index (Phi) is 4.98. The number of nitrogens with one attached hydrogen (secondary N) is 2. The average molecular weight is 301 g/mol. The topological polar surface area (TPSA) is 101 Å². The van der Waals surface area contributed by atoms with Crippen molar-refractivity contribution in [1.82, 2.24) is 10.0 Å². The maximum absolute atomic E-state index is 11.9. The van der Waals surface area contributed by atoms with Gasteiger partial charge in [0.2, 0.25) is 15.9 Å². The monoisotopic (exact) mass is 301 g/mol. The van der Waals surface area contributed by atoms with Crippen molar-refractivity contribution >= 4 is 33.1 Å². The SMILES string of the molecule is CNC(=O)CNS(=O)(=O)c1ccc(C(N)=S)c(C)c1. The molecule has 0 saturated carbocycles. The van der Waals surface area contributed by atoms with E-state index in [1.54, 1.807) is 13.0 Å². The van der Waals surface area contributed by atoms with Crippen molar-refractivity contribution in [2.75, 3.05) is 13.6 Å². The largest absolute Gasteiger partial charge is 0.389 e. The zero-order valence-electron chi connectivity index (χ0n) is 10.6. The quantitative estimate of drug-likeness (QED) is 0.646. The molecule has 0 spiro atoms. The van der Waals surface area contributed by atoms with Crippen LogP contribution in [0.4, 0.5) is 0 Å². The summed E-state index contributed by atoms with van der Waals surface area (Å²) < 4.78 is 26.1. The lowest BCUT2D eigenvalue weighted by Gasteiger charge is -2.09. The van der Waals surface area contributed by atoms with Crippen molar-refractivity contribution in [3.63, 3.8) is 0 Å². The summed E-state index contributed by atoms with van der Waals surface area (Å²) in [5, 5.41) is 2.32. The molecule has 0 saturated heterocycles. The molecule has 0 aliphatic heterocycles. The van der Waals surface area contributed by atoms with Crippen molar-refractivity contribution < 1.29 is 13.2 Å². The number of hydrogen-bond donors (Lipinski definition) is 3. The molecule has 0 atom stereocenters. The molecule has 0 bridgehead atoms. The van der Waals surface area contributed by atoms with E-state index in [0.29, 0.717) is 11.1 Å². The number of rotatable bonds is 5. The van der Waals surface area contributed by atoms with E-state index in [0.717, 1.165) is 0 Å². The number of hydrogen-bond acceptors (Lipinski definition) is 4. The second kappa shape index (κ2) is 6.09. The van der Waals surface area contributed by atoms with Gasteiger partial charge in [-0.15, -0.1) is 0 Å². The molecular weight excluding hydrogens is 286 g/mol. The van der Waals surface area contributed by atoms with Crippen LogP contribution in [-0.2, 0) is 14.8 Å². The maximum Gasteiger partial charge on any atom is 0.241 e. The second-order valence-corrected chi connectivity index (χ2v) is 6.05. The minimum absolute atomic E-state index is 0.0638. The summed E-state index contributed by atoms with van der Waals surface area (Å²) in [6.45, 7) is 1.40. The molecule has 0 heterocycles. The van der Waals surface area contributed by atoms with Crippen molar-refractivity contribution in [2.24, 2.45) is 5.73 Å². The predicted octanol–water partition coefficient (Wildman–Crippen LogP) is -0.346. The van der Waals surface area contributed by atoms with Crippen LogP contribution >= 0.6 is 12.2 Å². The van der Waals surface area contributed by atoms with Gasteiger partial charge in [-0.05, 0) is 24.6 Å². The van der Waals surface area contributed by atoms with E-state index in [9.17, 15) is 13.2 Å². The lowest BCUT2D eigenvalue weighted by atomic mass is 10.1. The molecule has 0 aliphatic rings. The Bertz CT molecular complexity index is 612. The molecule has 104 valence electrons. The van der Waals surface area contributed by atoms with Crippen molar-refractivity contribution in [3.8, 4) is 0 Å². The fourth-order valence-electron chi connectivity index (χ4n) is 1.41. The lowest BCUT2D eigenvalue weighted by Crippen LogP contribution is -2.35. The van der Waals surface area contributed by atoms with Crippen LogP contribution in [0.25, 0.3) is 0 Å². The van der Waals surface area contributed by atoms with Crippen LogP contribution in [0.1, 0.15) is 11.1 Å². The summed E-state index contributed by atoms with van der Waals surface area (Å²) in [7, 11) is -2.30. The maximum atomic E-state index is 11.9. The average Bonchev–Trinajstić information content (AvgIpc) is 2.35. The molecule has 6 nitrogen and oxygen atoms in total. The van der Waals surface area contributed by atoms with Gasteiger partial charge in [0.25, 0.3) is 0 Å². The molecular formula is C11H15N3O3S2. The summed E-state index contributed by atoms with van der Waals surface area (Å²) in [6.07, 6.45) is 0. The molecule has 19 heavy (non-hydrogen) atoms. The Morgan fingerprint density at radius 2 is 2.05 bits per heavy atom. The highest BCUT2D eigenvalue weighted by Crippen LogP contribution is 2.15. The van der Waals surface area contributed by atoms with Gasteiger partial charge in [-0.25, -0.2) is 13.1 Å². The Hall–Kier alpha value is -1.51. The van der Waals surface area contributed by atoms with Crippen LogP contribution in [-0.4, -0.2) is 32.9 Å². The fraction of sp³-hybridized carbons (Fsp3) is 0.273. The van der Waals surface area contributed by atoms with E-state index in [2.05, 4.69) is 10.0 Å². The first-order valence-corrected chi connectivity index (χ1v) is 7.28. The molecule has 1 aromatic carbocycles. The van der Waals surface area contributed by atoms with Crippen molar-refractivity contribution in [2.45, 2.75) is 11.8 Å². The number of nitrogens with two attached hydrogens (primary N) is 1. The number of thiocarbonyl (C=S) groups is 1. The van der Waals surface area contributed by atoms with Crippen molar-refractivity contribution in [1.29, 1.82) is 0 Å². The number of likely N-dealkylation sites (N-methyl/N-ethyl adjacent to an activating group) is 1. The van der Waals surface area contributed by atoms with E-state index in [1.807, 2.05) is 0 Å². The van der Waals surface area contributed by atoms with Crippen molar-refractivity contribution in [3.05, 3.63) is 29.3 Å². The summed E-state index contributed by atoms with van der Waals surface area (Å²) in [5.41, 5.74) is 6.79. The number of benzene rings is 1. The Balaban J connectivity index is 3.00. The van der Waals surface area contributed by atoms with Gasteiger partial charge in [0, 0.05) is 12.6 Å². The first kappa shape index (κ1) is 15.5. The molecule has 4 N–H and O–H groups in total. The zero-order chi connectivity index (χ0) is 14.6. The number of amides is 1. The Morgan fingerprint density at radius 1 is 1.42 bits per heavy atom.